The molecule has 0 fully saturated rings. The van der Waals surface area contributed by atoms with Crippen LogP contribution in [-0.4, -0.2) is 0 Å². The van der Waals surface area contributed by atoms with Crippen LogP contribution in [-0.2, 0) is 20.3 Å². The van der Waals surface area contributed by atoms with Crippen molar-refractivity contribution in [2.75, 3.05) is 0 Å². The van der Waals surface area contributed by atoms with Crippen molar-refractivity contribution in [3.05, 3.63) is 65.3 Å². The Kier molecular flexibility index (Phi) is 7.58. The molecule has 2 aliphatic carbocycles. The predicted octanol–water partition coefficient (Wildman–Crippen LogP) is 0.406. The first kappa shape index (κ1) is 20.9. The van der Waals surface area contributed by atoms with Gasteiger partial charge in [-0.2, -0.15) is 0 Å². The van der Waals surface area contributed by atoms with E-state index < -0.39 is 20.3 Å². The molecular weight excluding hydrogens is 402 g/mol. The van der Waals surface area contributed by atoms with Gasteiger partial charge in [-0.25, -0.2) is 0 Å². The molecular formula is C20H26Cl2Zr-2. The first-order valence-corrected chi connectivity index (χ1v) is 14.6. The molecule has 0 heterocycles. The van der Waals surface area contributed by atoms with Gasteiger partial charge in [-0.05, 0) is 0 Å². The van der Waals surface area contributed by atoms with Gasteiger partial charge in [0.25, 0.3) is 0 Å². The van der Waals surface area contributed by atoms with E-state index in [-0.39, 0.29) is 24.8 Å². The maximum atomic E-state index is 2.62. The zero-order valence-corrected chi connectivity index (χ0v) is 18.4. The Morgan fingerprint density at radius 2 is 1.57 bits per heavy atom. The fourth-order valence-electron chi connectivity index (χ4n) is 4.37. The zero-order valence-electron chi connectivity index (χ0n) is 14.4. The van der Waals surface area contributed by atoms with Gasteiger partial charge >= 0.3 is 134 Å². The fraction of sp³-hybridized carbons (Fsp3) is 0.400. The number of halogens is 2. The molecule has 1 aromatic rings. The van der Waals surface area contributed by atoms with Crippen LogP contribution in [0.1, 0.15) is 41.1 Å². The molecule has 126 valence electrons. The SMILES string of the molecule is C[CH2][Zr]([CH2]C)([CH]1C=CC=C1)[CH]1C=C(C)c2cc(C)ccc21.[Cl-].[Cl-]. The minimum absolute atomic E-state index is 0. The van der Waals surface area contributed by atoms with E-state index in [1.165, 1.54) is 25.0 Å². The predicted molar refractivity (Wildman–Crippen MR) is 90.6 cm³/mol. The number of hydrogen-bond donors (Lipinski definition) is 0. The second-order valence-electron chi connectivity index (χ2n) is 6.65. The van der Waals surface area contributed by atoms with Crippen molar-refractivity contribution < 1.29 is 45.1 Å². The van der Waals surface area contributed by atoms with Crippen molar-refractivity contribution in [2.45, 2.75) is 43.2 Å². The molecule has 1 aromatic carbocycles. The number of hydrogen-bond acceptors (Lipinski definition) is 0. The molecule has 2 aliphatic rings. The molecule has 0 N–H and O–H groups in total. The van der Waals surface area contributed by atoms with Crippen molar-refractivity contribution in [3.63, 3.8) is 0 Å². The van der Waals surface area contributed by atoms with Crippen LogP contribution >= 0.6 is 0 Å². The maximum Gasteiger partial charge on any atom is -1.00 e. The number of fused-ring (bicyclic) bond motifs is 1. The van der Waals surface area contributed by atoms with E-state index >= 15 is 0 Å². The van der Waals surface area contributed by atoms with E-state index in [0.29, 0.717) is 0 Å². The molecule has 0 bridgehead atoms. The van der Waals surface area contributed by atoms with Gasteiger partial charge < -0.3 is 24.8 Å². The van der Waals surface area contributed by atoms with E-state index in [0.717, 1.165) is 7.25 Å². The van der Waals surface area contributed by atoms with E-state index in [1.807, 2.05) is 0 Å². The monoisotopic (exact) mass is 426 g/mol. The Balaban J connectivity index is 0.00000132. The number of aryl methyl sites for hydroxylation is 1. The summed E-state index contributed by atoms with van der Waals surface area (Å²) in [6, 6.07) is 7.12. The molecule has 0 radical (unpaired) electrons. The second kappa shape index (κ2) is 8.33. The average molecular weight is 429 g/mol. The van der Waals surface area contributed by atoms with E-state index in [1.54, 1.807) is 5.56 Å². The van der Waals surface area contributed by atoms with Gasteiger partial charge in [-0.1, -0.05) is 0 Å². The van der Waals surface area contributed by atoms with Gasteiger partial charge in [0.15, 0.2) is 0 Å². The number of rotatable bonds is 4. The van der Waals surface area contributed by atoms with Crippen LogP contribution in [0.3, 0.4) is 0 Å². The number of allylic oxidation sites excluding steroid dienone is 6. The van der Waals surface area contributed by atoms with Crippen molar-refractivity contribution in [1.82, 2.24) is 0 Å². The van der Waals surface area contributed by atoms with Crippen molar-refractivity contribution in [2.24, 2.45) is 0 Å². The fourth-order valence-corrected chi connectivity index (χ4v) is 17.1. The summed E-state index contributed by atoms with van der Waals surface area (Å²) in [6.45, 7) is 9.42. The summed E-state index contributed by atoms with van der Waals surface area (Å²) < 4.78 is 4.37. The second-order valence-corrected chi connectivity index (χ2v) is 19.4. The van der Waals surface area contributed by atoms with Gasteiger partial charge in [-0.3, -0.25) is 0 Å². The van der Waals surface area contributed by atoms with E-state index in [2.05, 4.69) is 76.3 Å². The molecule has 23 heavy (non-hydrogen) atoms. The first-order chi connectivity index (χ1) is 10.1. The Morgan fingerprint density at radius 3 is 2.13 bits per heavy atom. The van der Waals surface area contributed by atoms with Gasteiger partial charge in [0.05, 0.1) is 0 Å². The van der Waals surface area contributed by atoms with Crippen LogP contribution in [0.4, 0.5) is 0 Å². The summed E-state index contributed by atoms with van der Waals surface area (Å²) in [5, 5.41) is 0. The third-order valence-electron chi connectivity index (χ3n) is 5.73. The summed E-state index contributed by atoms with van der Waals surface area (Å²) in [5.74, 6) is 0. The zero-order chi connectivity index (χ0) is 15.0. The molecule has 0 aromatic heterocycles. The summed E-state index contributed by atoms with van der Waals surface area (Å²) in [6.07, 6.45) is 12.1. The summed E-state index contributed by atoms with van der Waals surface area (Å²) in [7, 11) is 0. The molecule has 3 rings (SSSR count). The molecule has 1 atom stereocenters. The van der Waals surface area contributed by atoms with Crippen molar-refractivity contribution in [1.29, 1.82) is 0 Å². The molecule has 1 unspecified atom stereocenters. The van der Waals surface area contributed by atoms with Crippen molar-refractivity contribution >= 4 is 5.57 Å². The Bertz CT molecular complexity index is 627. The van der Waals surface area contributed by atoms with Gasteiger partial charge in [0, 0.05) is 0 Å². The largest absolute Gasteiger partial charge is 1.00 e. The topological polar surface area (TPSA) is 0 Å². The molecule has 0 spiro atoms. The smallest absolute Gasteiger partial charge is 1.00 e. The van der Waals surface area contributed by atoms with Crippen LogP contribution < -0.4 is 24.8 Å². The quantitative estimate of drug-likeness (QED) is 0.652. The minimum Gasteiger partial charge on any atom is -1.00 e. The summed E-state index contributed by atoms with van der Waals surface area (Å²) in [4.78, 5) is 0. The molecule has 3 heteroatoms. The summed E-state index contributed by atoms with van der Waals surface area (Å²) >= 11 is -2.33. The van der Waals surface area contributed by atoms with Crippen LogP contribution in [0.25, 0.3) is 5.57 Å². The number of benzene rings is 1. The maximum absolute atomic E-state index is 2.62. The Hall–Kier alpha value is -0.0969. The summed E-state index contributed by atoms with van der Waals surface area (Å²) in [5.41, 5.74) is 6.05. The molecule has 0 nitrogen and oxygen atoms in total. The molecule has 0 aliphatic heterocycles. The molecule has 0 amide bonds. The van der Waals surface area contributed by atoms with E-state index in [9.17, 15) is 0 Å². The molecule has 0 saturated carbocycles. The Morgan fingerprint density at radius 1 is 0.957 bits per heavy atom. The van der Waals surface area contributed by atoms with Crippen LogP contribution in [0.5, 0.6) is 0 Å². The normalized spacial score (nSPS) is 19.1. The van der Waals surface area contributed by atoms with Gasteiger partial charge in [0.1, 0.15) is 0 Å². The van der Waals surface area contributed by atoms with Crippen molar-refractivity contribution in [3.8, 4) is 0 Å². The van der Waals surface area contributed by atoms with Crippen LogP contribution in [0.15, 0.2) is 48.6 Å². The standard InChI is InChI=1S/C11H11.C5H5.2C2H5.2ClH.Zr/c1-8-3-5-10-6-4-9(2)11(10)7-8;1-2-4-5-3-1;2*1-2;;;/h3-7H,1-2H3;1-5H;2*1H2,2H3;2*1H;/p-2. The van der Waals surface area contributed by atoms with Gasteiger partial charge in [0.2, 0.25) is 0 Å². The van der Waals surface area contributed by atoms with Crippen LogP contribution in [0, 0.1) is 6.92 Å². The first-order valence-electron chi connectivity index (χ1n) is 8.26. The average Bonchev–Trinajstić information content (AvgIpc) is 3.12. The minimum atomic E-state index is -2.33. The van der Waals surface area contributed by atoms with Gasteiger partial charge in [-0.15, -0.1) is 0 Å². The van der Waals surface area contributed by atoms with Crippen LogP contribution in [0.2, 0.25) is 11.9 Å². The molecule has 0 saturated heterocycles. The Labute approximate surface area is 158 Å². The third-order valence-corrected chi connectivity index (χ3v) is 20.6. The third kappa shape index (κ3) is 3.48. The van der Waals surface area contributed by atoms with E-state index in [4.69, 9.17) is 0 Å².